The molecule has 0 saturated carbocycles. The van der Waals surface area contributed by atoms with Crippen molar-refractivity contribution >= 4 is 23.2 Å². The van der Waals surface area contributed by atoms with Crippen LogP contribution in [0.1, 0.15) is 13.8 Å². The molecule has 0 aliphatic heterocycles. The average molecular weight is 452 g/mol. The molecule has 164 valence electrons. The van der Waals surface area contributed by atoms with E-state index < -0.39 is 0 Å². The van der Waals surface area contributed by atoms with Gasteiger partial charge in [-0.15, -0.1) is 5.10 Å². The third kappa shape index (κ3) is 5.30. The van der Waals surface area contributed by atoms with E-state index in [-0.39, 0.29) is 6.10 Å². The monoisotopic (exact) mass is 451 g/mol. The lowest BCUT2D eigenvalue weighted by Gasteiger charge is -2.16. The highest BCUT2D eigenvalue weighted by atomic mass is 35.5. The summed E-state index contributed by atoms with van der Waals surface area (Å²) in [5.74, 6) is 1.79. The van der Waals surface area contributed by atoms with Gasteiger partial charge in [-0.2, -0.15) is 0 Å². The zero-order valence-corrected chi connectivity index (χ0v) is 18.4. The molecular weight excluding hydrogens is 430 g/mol. The normalized spacial score (nSPS) is 11.7. The highest BCUT2D eigenvalue weighted by Crippen LogP contribution is 2.32. The highest BCUT2D eigenvalue weighted by Gasteiger charge is 2.12. The molecule has 2 aromatic carbocycles. The van der Waals surface area contributed by atoms with Crippen LogP contribution < -0.4 is 14.8 Å². The molecule has 4 aromatic rings. The van der Waals surface area contributed by atoms with Gasteiger partial charge in [-0.1, -0.05) is 29.8 Å². The number of benzene rings is 2. The van der Waals surface area contributed by atoms with Gasteiger partial charge in [0.1, 0.15) is 23.9 Å². The van der Waals surface area contributed by atoms with Gasteiger partial charge in [0.2, 0.25) is 5.95 Å². The highest BCUT2D eigenvalue weighted by molar-refractivity contribution is 6.32. The average Bonchev–Trinajstić information content (AvgIpc) is 3.30. The maximum Gasteiger partial charge on any atom is 0.227 e. The first kappa shape index (κ1) is 21.5. The first-order chi connectivity index (χ1) is 15.6. The molecule has 1 atom stereocenters. The number of tetrazole rings is 1. The summed E-state index contributed by atoms with van der Waals surface area (Å²) in [5, 5.41) is 14.8. The lowest BCUT2D eigenvalue weighted by Crippen LogP contribution is -2.20. The maximum atomic E-state index is 6.34. The molecule has 32 heavy (non-hydrogen) atoms. The van der Waals surface area contributed by atoms with E-state index in [2.05, 4.69) is 30.8 Å². The standard InChI is InChI=1S/C22H22ClN7O2/c1-3-31-20-7-5-4-6-19(20)27-22-24-11-17(12-25-22)16-8-9-18(23)21(10-16)32-15(2)13-30-14-26-28-29-30/h4-12,14-15H,3,13H2,1-2H3,(H,24,25,27). The lowest BCUT2D eigenvalue weighted by molar-refractivity contribution is 0.193. The number of para-hydroxylation sites is 2. The fraction of sp³-hybridized carbons (Fsp3) is 0.227. The number of ether oxygens (including phenoxy) is 2. The van der Waals surface area contributed by atoms with Gasteiger partial charge in [-0.05, 0) is 54.1 Å². The largest absolute Gasteiger partial charge is 0.492 e. The van der Waals surface area contributed by atoms with Crippen molar-refractivity contribution in [2.45, 2.75) is 26.5 Å². The molecule has 0 spiro atoms. The summed E-state index contributed by atoms with van der Waals surface area (Å²) in [6.45, 7) is 4.95. The van der Waals surface area contributed by atoms with Gasteiger partial charge in [0.05, 0.1) is 23.9 Å². The number of hydrogen-bond acceptors (Lipinski definition) is 8. The minimum absolute atomic E-state index is 0.181. The van der Waals surface area contributed by atoms with E-state index in [0.29, 0.717) is 29.9 Å². The first-order valence-electron chi connectivity index (χ1n) is 10.1. The molecule has 0 radical (unpaired) electrons. The van der Waals surface area contributed by atoms with Gasteiger partial charge in [-0.25, -0.2) is 14.6 Å². The van der Waals surface area contributed by atoms with Crippen LogP contribution in [0.4, 0.5) is 11.6 Å². The number of nitrogens with zero attached hydrogens (tertiary/aromatic N) is 6. The van der Waals surface area contributed by atoms with Gasteiger partial charge in [0, 0.05) is 18.0 Å². The summed E-state index contributed by atoms with van der Waals surface area (Å²) >= 11 is 6.34. The van der Waals surface area contributed by atoms with E-state index in [1.807, 2.05) is 50.2 Å². The third-order valence-electron chi connectivity index (χ3n) is 4.51. The van der Waals surface area contributed by atoms with Gasteiger partial charge in [0.15, 0.2) is 0 Å². The summed E-state index contributed by atoms with van der Waals surface area (Å²) in [4.78, 5) is 8.87. The summed E-state index contributed by atoms with van der Waals surface area (Å²) in [7, 11) is 0. The number of rotatable bonds is 9. The first-order valence-corrected chi connectivity index (χ1v) is 10.5. The quantitative estimate of drug-likeness (QED) is 0.400. The molecule has 2 heterocycles. The molecule has 9 nitrogen and oxygen atoms in total. The molecule has 4 rings (SSSR count). The number of hydrogen-bond donors (Lipinski definition) is 1. The predicted octanol–water partition coefficient (Wildman–Crippen LogP) is 4.39. The Balaban J connectivity index is 1.47. The molecule has 0 bridgehead atoms. The number of anilines is 2. The van der Waals surface area contributed by atoms with Crippen molar-refractivity contribution in [2.75, 3.05) is 11.9 Å². The van der Waals surface area contributed by atoms with E-state index in [0.717, 1.165) is 22.6 Å². The molecule has 0 amide bonds. The van der Waals surface area contributed by atoms with Crippen molar-refractivity contribution in [1.82, 2.24) is 30.2 Å². The summed E-state index contributed by atoms with van der Waals surface area (Å²) in [5.41, 5.74) is 2.53. The molecule has 10 heteroatoms. The second kappa shape index (κ2) is 10.1. The second-order valence-electron chi connectivity index (χ2n) is 6.96. The van der Waals surface area contributed by atoms with Crippen molar-refractivity contribution in [3.05, 3.63) is 66.2 Å². The van der Waals surface area contributed by atoms with Crippen LogP contribution in [-0.4, -0.2) is 42.9 Å². The minimum Gasteiger partial charge on any atom is -0.492 e. The molecule has 0 aliphatic carbocycles. The fourth-order valence-corrected chi connectivity index (χ4v) is 3.23. The van der Waals surface area contributed by atoms with E-state index in [4.69, 9.17) is 21.1 Å². The zero-order valence-electron chi connectivity index (χ0n) is 17.6. The van der Waals surface area contributed by atoms with Crippen LogP contribution in [0.5, 0.6) is 11.5 Å². The molecule has 1 N–H and O–H groups in total. The smallest absolute Gasteiger partial charge is 0.227 e. The molecular formula is C22H22ClN7O2. The molecule has 1 unspecified atom stereocenters. The van der Waals surface area contributed by atoms with Crippen LogP contribution in [0.3, 0.4) is 0 Å². The summed E-state index contributed by atoms with van der Waals surface area (Å²) in [6, 6.07) is 13.2. The Morgan fingerprint density at radius 2 is 1.88 bits per heavy atom. The van der Waals surface area contributed by atoms with Crippen LogP contribution in [0, 0.1) is 0 Å². The molecule has 0 fully saturated rings. The van der Waals surface area contributed by atoms with Crippen molar-refractivity contribution in [1.29, 1.82) is 0 Å². The van der Waals surface area contributed by atoms with Crippen LogP contribution in [0.25, 0.3) is 11.1 Å². The zero-order chi connectivity index (χ0) is 22.3. The summed E-state index contributed by atoms with van der Waals surface area (Å²) < 4.78 is 13.2. The SMILES string of the molecule is CCOc1ccccc1Nc1ncc(-c2ccc(Cl)c(OC(C)Cn3cnnn3)c2)cn1. The van der Waals surface area contributed by atoms with Crippen molar-refractivity contribution in [3.8, 4) is 22.6 Å². The summed E-state index contributed by atoms with van der Waals surface area (Å²) in [6.07, 6.45) is 4.85. The number of nitrogens with one attached hydrogen (secondary N) is 1. The van der Waals surface area contributed by atoms with Crippen LogP contribution >= 0.6 is 11.6 Å². The topological polar surface area (TPSA) is 99.9 Å². The van der Waals surface area contributed by atoms with Crippen molar-refractivity contribution < 1.29 is 9.47 Å². The predicted molar refractivity (Wildman–Crippen MR) is 121 cm³/mol. The molecule has 2 aromatic heterocycles. The van der Waals surface area contributed by atoms with E-state index in [1.54, 1.807) is 23.1 Å². The Hall–Kier alpha value is -3.72. The third-order valence-corrected chi connectivity index (χ3v) is 4.83. The van der Waals surface area contributed by atoms with E-state index >= 15 is 0 Å². The van der Waals surface area contributed by atoms with Crippen LogP contribution in [0.15, 0.2) is 61.2 Å². The Labute approximate surface area is 190 Å². The van der Waals surface area contributed by atoms with E-state index in [1.165, 1.54) is 6.33 Å². The number of halogens is 1. The van der Waals surface area contributed by atoms with Crippen molar-refractivity contribution in [3.63, 3.8) is 0 Å². The Morgan fingerprint density at radius 3 is 2.62 bits per heavy atom. The van der Waals surface area contributed by atoms with Gasteiger partial charge >= 0.3 is 0 Å². The Kier molecular flexibility index (Phi) is 6.76. The fourth-order valence-electron chi connectivity index (χ4n) is 3.07. The lowest BCUT2D eigenvalue weighted by atomic mass is 10.1. The minimum atomic E-state index is -0.181. The molecule has 0 aliphatic rings. The maximum absolute atomic E-state index is 6.34. The Morgan fingerprint density at radius 1 is 1.06 bits per heavy atom. The molecule has 0 saturated heterocycles. The van der Waals surface area contributed by atoms with Gasteiger partial charge in [-0.3, -0.25) is 0 Å². The number of aromatic nitrogens is 6. The van der Waals surface area contributed by atoms with Gasteiger partial charge in [0.25, 0.3) is 0 Å². The van der Waals surface area contributed by atoms with Gasteiger partial charge < -0.3 is 14.8 Å². The van der Waals surface area contributed by atoms with Crippen LogP contribution in [0.2, 0.25) is 5.02 Å². The van der Waals surface area contributed by atoms with Crippen LogP contribution in [-0.2, 0) is 6.54 Å². The Bertz CT molecular complexity index is 1150. The van der Waals surface area contributed by atoms with Crippen molar-refractivity contribution in [2.24, 2.45) is 0 Å². The van der Waals surface area contributed by atoms with E-state index in [9.17, 15) is 0 Å². The second-order valence-corrected chi connectivity index (χ2v) is 7.36.